The summed E-state index contributed by atoms with van der Waals surface area (Å²) in [5, 5.41) is 2.52. The minimum Gasteiger partial charge on any atom is -0.370 e. The first-order valence-corrected chi connectivity index (χ1v) is 8.05. The molecule has 1 spiro atoms. The normalized spacial score (nSPS) is 26.1. The van der Waals surface area contributed by atoms with Gasteiger partial charge in [0.25, 0.3) is 5.91 Å². The van der Waals surface area contributed by atoms with Crippen LogP contribution in [-0.2, 0) is 14.3 Å². The molecule has 1 N–H and O–H groups in total. The van der Waals surface area contributed by atoms with Gasteiger partial charge in [-0.05, 0) is 13.3 Å². The first kappa shape index (κ1) is 16.8. The predicted molar refractivity (Wildman–Crippen MR) is 84.4 cm³/mol. The van der Waals surface area contributed by atoms with Gasteiger partial charge in [0.2, 0.25) is 5.91 Å². The average Bonchev–Trinajstić information content (AvgIpc) is 3.20. The van der Waals surface area contributed by atoms with Crippen molar-refractivity contribution in [2.24, 2.45) is 0 Å². The highest BCUT2D eigenvalue weighted by Crippen LogP contribution is 2.36. The molecule has 0 bridgehead atoms. The second kappa shape index (κ2) is 6.82. The van der Waals surface area contributed by atoms with E-state index in [9.17, 15) is 9.59 Å². The molecule has 2 saturated heterocycles. The molecule has 3 heterocycles. The fourth-order valence-electron chi connectivity index (χ4n) is 3.14. The van der Waals surface area contributed by atoms with Crippen LogP contribution in [0.4, 0.5) is 0 Å². The van der Waals surface area contributed by atoms with Gasteiger partial charge in [0, 0.05) is 26.2 Å². The van der Waals surface area contributed by atoms with Crippen molar-refractivity contribution < 1.29 is 19.1 Å². The largest absolute Gasteiger partial charge is 0.370 e. The lowest BCUT2D eigenvalue weighted by atomic mass is 9.98. The number of ether oxygens (including phenoxy) is 2. The van der Waals surface area contributed by atoms with E-state index in [0.29, 0.717) is 31.8 Å². The lowest BCUT2D eigenvalue weighted by Gasteiger charge is -2.23. The molecule has 2 atom stereocenters. The Labute approximate surface area is 140 Å². The van der Waals surface area contributed by atoms with Gasteiger partial charge in [0.15, 0.2) is 0 Å². The van der Waals surface area contributed by atoms with Gasteiger partial charge < -0.3 is 19.7 Å². The standard InChI is InChI=1S/C16H22N4O4/c1-11-6-19-13(7-18-11)15(22)20-4-3-16(10-20)5-12(8-24-16)23-9-14(21)17-2/h6-7,12H,3-5,8-10H2,1-2H3,(H,17,21). The Balaban J connectivity index is 1.56. The highest BCUT2D eigenvalue weighted by atomic mass is 16.6. The number of carbonyl (C=O) groups excluding carboxylic acids is 2. The van der Waals surface area contributed by atoms with Gasteiger partial charge >= 0.3 is 0 Å². The summed E-state index contributed by atoms with van der Waals surface area (Å²) in [5.74, 6) is -0.283. The molecule has 2 fully saturated rings. The molecule has 2 aliphatic rings. The zero-order valence-electron chi connectivity index (χ0n) is 13.9. The molecule has 2 amide bonds. The fraction of sp³-hybridized carbons (Fsp3) is 0.625. The molecule has 0 saturated carbocycles. The lowest BCUT2D eigenvalue weighted by Crippen LogP contribution is -2.36. The monoisotopic (exact) mass is 334 g/mol. The molecule has 24 heavy (non-hydrogen) atoms. The van der Waals surface area contributed by atoms with Crippen molar-refractivity contribution in [1.82, 2.24) is 20.2 Å². The van der Waals surface area contributed by atoms with E-state index in [1.54, 1.807) is 18.1 Å². The Morgan fingerprint density at radius 2 is 2.29 bits per heavy atom. The molecule has 0 aliphatic carbocycles. The number of aromatic nitrogens is 2. The maximum absolute atomic E-state index is 12.5. The van der Waals surface area contributed by atoms with Crippen molar-refractivity contribution in [3.05, 3.63) is 23.8 Å². The van der Waals surface area contributed by atoms with Crippen LogP contribution in [0.2, 0.25) is 0 Å². The molecule has 8 heteroatoms. The highest BCUT2D eigenvalue weighted by Gasteiger charge is 2.47. The van der Waals surface area contributed by atoms with E-state index < -0.39 is 0 Å². The third kappa shape index (κ3) is 3.54. The SMILES string of the molecule is CNC(=O)COC1COC2(CCN(C(=O)c3cnc(C)cn3)C2)C1. The van der Waals surface area contributed by atoms with Crippen molar-refractivity contribution in [2.75, 3.05) is 33.4 Å². The molecular weight excluding hydrogens is 312 g/mol. The number of nitrogens with one attached hydrogen (secondary N) is 1. The summed E-state index contributed by atoms with van der Waals surface area (Å²) in [6.07, 6.45) is 4.43. The van der Waals surface area contributed by atoms with Crippen LogP contribution in [0, 0.1) is 6.92 Å². The van der Waals surface area contributed by atoms with Crippen LogP contribution < -0.4 is 5.32 Å². The van der Waals surface area contributed by atoms with Gasteiger partial charge in [-0.3, -0.25) is 14.6 Å². The summed E-state index contributed by atoms with van der Waals surface area (Å²) in [6, 6.07) is 0. The van der Waals surface area contributed by atoms with Crippen LogP contribution in [-0.4, -0.2) is 71.7 Å². The van der Waals surface area contributed by atoms with Gasteiger partial charge in [-0.1, -0.05) is 0 Å². The number of likely N-dealkylation sites (N-methyl/N-ethyl adjacent to an activating group) is 1. The maximum Gasteiger partial charge on any atom is 0.274 e. The molecule has 2 unspecified atom stereocenters. The number of amides is 2. The number of hydrogen-bond acceptors (Lipinski definition) is 6. The first-order valence-electron chi connectivity index (χ1n) is 8.05. The van der Waals surface area contributed by atoms with Crippen LogP contribution in [0.5, 0.6) is 0 Å². The van der Waals surface area contributed by atoms with Crippen molar-refractivity contribution in [3.63, 3.8) is 0 Å². The number of nitrogens with zero attached hydrogens (tertiary/aromatic N) is 3. The number of hydrogen-bond donors (Lipinski definition) is 1. The molecule has 3 rings (SSSR count). The Morgan fingerprint density at radius 1 is 1.46 bits per heavy atom. The van der Waals surface area contributed by atoms with E-state index >= 15 is 0 Å². The van der Waals surface area contributed by atoms with Crippen LogP contribution in [0.3, 0.4) is 0 Å². The van der Waals surface area contributed by atoms with Crippen LogP contribution in [0.15, 0.2) is 12.4 Å². The zero-order valence-corrected chi connectivity index (χ0v) is 13.9. The molecule has 0 radical (unpaired) electrons. The second-order valence-corrected chi connectivity index (χ2v) is 6.32. The number of likely N-dealkylation sites (tertiary alicyclic amines) is 1. The van der Waals surface area contributed by atoms with E-state index in [-0.39, 0.29) is 30.1 Å². The average molecular weight is 334 g/mol. The summed E-state index contributed by atoms with van der Waals surface area (Å²) < 4.78 is 11.5. The fourth-order valence-corrected chi connectivity index (χ4v) is 3.14. The molecule has 130 valence electrons. The zero-order chi connectivity index (χ0) is 17.2. The van der Waals surface area contributed by atoms with Crippen LogP contribution >= 0.6 is 0 Å². The topological polar surface area (TPSA) is 93.7 Å². The van der Waals surface area contributed by atoms with Gasteiger partial charge in [0.1, 0.15) is 12.3 Å². The van der Waals surface area contributed by atoms with Crippen molar-refractivity contribution >= 4 is 11.8 Å². The van der Waals surface area contributed by atoms with E-state index in [2.05, 4.69) is 15.3 Å². The third-order valence-electron chi connectivity index (χ3n) is 4.51. The van der Waals surface area contributed by atoms with E-state index in [0.717, 1.165) is 12.1 Å². The Hall–Kier alpha value is -2.06. The lowest BCUT2D eigenvalue weighted by molar-refractivity contribution is -0.127. The minimum atomic E-state index is -0.374. The number of carbonyl (C=O) groups is 2. The predicted octanol–water partition coefficient (Wildman–Crippen LogP) is -0.0788. The van der Waals surface area contributed by atoms with Crippen molar-refractivity contribution in [3.8, 4) is 0 Å². The molecule has 2 aliphatic heterocycles. The number of aryl methyl sites for hydroxylation is 1. The molecule has 0 aromatic carbocycles. The van der Waals surface area contributed by atoms with E-state index in [1.807, 2.05) is 6.92 Å². The summed E-state index contributed by atoms with van der Waals surface area (Å²) in [7, 11) is 1.58. The maximum atomic E-state index is 12.5. The summed E-state index contributed by atoms with van der Waals surface area (Å²) in [4.78, 5) is 33.8. The molecule has 1 aromatic rings. The van der Waals surface area contributed by atoms with Gasteiger partial charge in [-0.25, -0.2) is 4.98 Å². The van der Waals surface area contributed by atoms with E-state index in [1.165, 1.54) is 6.20 Å². The van der Waals surface area contributed by atoms with Crippen LogP contribution in [0.25, 0.3) is 0 Å². The Kier molecular flexibility index (Phi) is 4.77. The Morgan fingerprint density at radius 3 is 3.00 bits per heavy atom. The highest BCUT2D eigenvalue weighted by molar-refractivity contribution is 5.92. The van der Waals surface area contributed by atoms with Crippen molar-refractivity contribution in [1.29, 1.82) is 0 Å². The third-order valence-corrected chi connectivity index (χ3v) is 4.51. The van der Waals surface area contributed by atoms with Gasteiger partial charge in [0.05, 0.1) is 36.7 Å². The van der Waals surface area contributed by atoms with Gasteiger partial charge in [-0.15, -0.1) is 0 Å². The molecule has 8 nitrogen and oxygen atoms in total. The van der Waals surface area contributed by atoms with Crippen LogP contribution in [0.1, 0.15) is 29.0 Å². The summed E-state index contributed by atoms with van der Waals surface area (Å²) in [6.45, 7) is 3.45. The minimum absolute atomic E-state index is 0.0300. The quantitative estimate of drug-likeness (QED) is 0.828. The Bertz CT molecular complexity index is 621. The van der Waals surface area contributed by atoms with Gasteiger partial charge in [-0.2, -0.15) is 0 Å². The number of rotatable bonds is 4. The summed E-state index contributed by atoms with van der Waals surface area (Å²) in [5.41, 5.74) is 0.754. The smallest absolute Gasteiger partial charge is 0.274 e. The van der Waals surface area contributed by atoms with Crippen molar-refractivity contribution in [2.45, 2.75) is 31.5 Å². The first-order chi connectivity index (χ1) is 11.5. The summed E-state index contributed by atoms with van der Waals surface area (Å²) >= 11 is 0. The molecular formula is C16H22N4O4. The van der Waals surface area contributed by atoms with E-state index in [4.69, 9.17) is 9.47 Å². The second-order valence-electron chi connectivity index (χ2n) is 6.32. The molecule has 1 aromatic heterocycles.